The topological polar surface area (TPSA) is 160 Å². The van der Waals surface area contributed by atoms with Gasteiger partial charge in [-0.2, -0.15) is 0 Å². The van der Waals surface area contributed by atoms with Crippen molar-refractivity contribution in [2.45, 2.75) is 18.9 Å². The fourth-order valence-corrected chi connectivity index (χ4v) is 6.44. The lowest BCUT2D eigenvalue weighted by molar-refractivity contribution is -0.143. The van der Waals surface area contributed by atoms with Crippen LogP contribution in [0.4, 0.5) is 10.1 Å². The van der Waals surface area contributed by atoms with Gasteiger partial charge in [0.2, 0.25) is 5.43 Å². The van der Waals surface area contributed by atoms with Gasteiger partial charge in [0.1, 0.15) is 16.8 Å². The van der Waals surface area contributed by atoms with Gasteiger partial charge in [0.05, 0.1) is 24.6 Å². The number of aliphatic hydroxyl groups excluding tert-OH is 1. The molecular weight excluding hydrogens is 611 g/mol. The highest BCUT2D eigenvalue weighted by molar-refractivity contribution is 6.08. The average molecular weight is 641 g/mol. The fraction of sp³-hybridized carbons (Fsp3) is 0.265. The maximum Gasteiger partial charge on any atom is 0.330 e. The molecule has 0 radical (unpaired) electrons. The molecule has 6 aromatic rings. The molecule has 47 heavy (non-hydrogen) atoms. The molecule has 12 nitrogen and oxygen atoms in total. The molecular formula is C34H29FN4O8. The van der Waals surface area contributed by atoms with E-state index < -0.39 is 52.2 Å². The molecule has 0 aliphatic carbocycles. The van der Waals surface area contributed by atoms with Crippen LogP contribution in [-0.4, -0.2) is 72.2 Å². The lowest BCUT2D eigenvalue weighted by atomic mass is 10.0. The Hall–Kier alpha value is -5.40. The molecule has 1 amide bonds. The molecule has 0 saturated carbocycles. The smallest absolute Gasteiger partial charge is 0.330 e. The number of amides is 1. The number of nitrogens with one attached hydrogen (secondary N) is 2. The quantitative estimate of drug-likeness (QED) is 0.128. The van der Waals surface area contributed by atoms with Gasteiger partial charge in [0, 0.05) is 40.8 Å². The molecule has 240 valence electrons. The molecule has 7 rings (SSSR count). The molecule has 1 fully saturated rings. The Morgan fingerprint density at radius 3 is 2.32 bits per heavy atom. The van der Waals surface area contributed by atoms with Crippen molar-refractivity contribution in [3.63, 3.8) is 0 Å². The SMILES string of the molecule is COC(=O)C(CO)NC(=O)c1cn2c3cc4c(=O)c5ccccc5c(=O)c4cc3oc3c(NCCN4CCCC4)c(F)cc(c1=O)c32. The van der Waals surface area contributed by atoms with Crippen LogP contribution in [-0.2, 0) is 9.53 Å². The Morgan fingerprint density at radius 1 is 0.979 bits per heavy atom. The summed E-state index contributed by atoms with van der Waals surface area (Å²) < 4.78 is 28.2. The Bertz CT molecular complexity index is 2430. The van der Waals surface area contributed by atoms with Crippen molar-refractivity contribution >= 4 is 66.7 Å². The second-order valence-electron chi connectivity index (χ2n) is 11.6. The van der Waals surface area contributed by atoms with Gasteiger partial charge < -0.3 is 34.2 Å². The van der Waals surface area contributed by atoms with E-state index in [2.05, 4.69) is 20.3 Å². The minimum atomic E-state index is -1.47. The number of rotatable bonds is 8. The first-order valence-electron chi connectivity index (χ1n) is 15.1. The standard InChI is InChI=1S/C34H29FN4O8/c1-46-34(45)24(16-40)37-33(44)22-15-39-25-13-19-20(30(42)18-7-3-2-6-17(18)29(19)41)14-26(25)47-32-27(36-8-11-38-9-4-5-10-38)23(35)12-21(28(32)39)31(22)43/h2-3,6-7,12-15,24,36,40H,4-5,8-11,16H2,1H3,(H,37,44). The van der Waals surface area contributed by atoms with E-state index in [-0.39, 0.29) is 54.8 Å². The summed E-state index contributed by atoms with van der Waals surface area (Å²) in [6, 6.07) is 8.84. The second kappa shape index (κ2) is 11.8. The van der Waals surface area contributed by atoms with E-state index in [0.717, 1.165) is 39.1 Å². The summed E-state index contributed by atoms with van der Waals surface area (Å²) in [4.78, 5) is 68.5. The van der Waals surface area contributed by atoms with Crippen molar-refractivity contribution in [1.82, 2.24) is 14.6 Å². The maximum absolute atomic E-state index is 15.9. The molecule has 13 heteroatoms. The third kappa shape index (κ3) is 4.95. The number of aromatic nitrogens is 1. The number of anilines is 1. The van der Waals surface area contributed by atoms with Crippen LogP contribution in [0.2, 0.25) is 0 Å². The van der Waals surface area contributed by atoms with Gasteiger partial charge in [0.25, 0.3) is 5.91 Å². The molecule has 1 saturated heterocycles. The second-order valence-corrected chi connectivity index (χ2v) is 11.6. The lowest BCUT2D eigenvalue weighted by Gasteiger charge is -2.19. The van der Waals surface area contributed by atoms with Crippen LogP contribution in [0.15, 0.2) is 67.5 Å². The number of carbonyl (C=O) groups excluding carboxylic acids is 2. The van der Waals surface area contributed by atoms with Gasteiger partial charge in [-0.05, 0) is 44.1 Å². The minimum absolute atomic E-state index is 0.01000. The number of aliphatic hydroxyl groups is 1. The lowest BCUT2D eigenvalue weighted by Crippen LogP contribution is -2.45. The van der Waals surface area contributed by atoms with E-state index in [4.69, 9.17) is 4.42 Å². The van der Waals surface area contributed by atoms with E-state index in [9.17, 15) is 29.1 Å². The van der Waals surface area contributed by atoms with E-state index in [0.29, 0.717) is 13.1 Å². The van der Waals surface area contributed by atoms with Gasteiger partial charge >= 0.3 is 5.97 Å². The molecule has 1 aliphatic heterocycles. The number of benzene rings is 4. The highest BCUT2D eigenvalue weighted by Gasteiger charge is 2.27. The number of esters is 1. The van der Waals surface area contributed by atoms with Crippen molar-refractivity contribution in [2.24, 2.45) is 0 Å². The first-order chi connectivity index (χ1) is 22.7. The molecule has 1 aliphatic rings. The van der Waals surface area contributed by atoms with Gasteiger partial charge in [0.15, 0.2) is 33.9 Å². The third-order valence-electron chi connectivity index (χ3n) is 8.82. The van der Waals surface area contributed by atoms with Gasteiger partial charge in [-0.15, -0.1) is 0 Å². The van der Waals surface area contributed by atoms with Crippen molar-refractivity contribution < 1.29 is 28.2 Å². The number of halogens is 1. The Kier molecular flexibility index (Phi) is 7.57. The molecule has 4 aromatic carbocycles. The Balaban J connectivity index is 1.51. The predicted molar refractivity (Wildman–Crippen MR) is 174 cm³/mol. The Morgan fingerprint density at radius 2 is 1.66 bits per heavy atom. The summed E-state index contributed by atoms with van der Waals surface area (Å²) in [5.41, 5.74) is -1.72. The van der Waals surface area contributed by atoms with Gasteiger partial charge in [-0.1, -0.05) is 24.3 Å². The number of likely N-dealkylation sites (tertiary alicyclic amines) is 1. The predicted octanol–water partition coefficient (Wildman–Crippen LogP) is 2.57. The average Bonchev–Trinajstić information content (AvgIpc) is 3.61. The first-order valence-corrected chi connectivity index (χ1v) is 15.1. The zero-order valence-corrected chi connectivity index (χ0v) is 25.2. The number of methoxy groups -OCH3 is 1. The number of nitrogens with zero attached hydrogens (tertiary/aromatic N) is 2. The molecule has 3 N–H and O–H groups in total. The van der Waals surface area contributed by atoms with Crippen molar-refractivity contribution in [1.29, 1.82) is 0 Å². The monoisotopic (exact) mass is 640 g/mol. The van der Waals surface area contributed by atoms with Crippen molar-refractivity contribution in [2.75, 3.05) is 45.2 Å². The number of hydrogen-bond acceptors (Lipinski definition) is 10. The highest BCUT2D eigenvalue weighted by atomic mass is 19.1. The molecule has 1 atom stereocenters. The molecule has 2 aromatic heterocycles. The summed E-state index contributed by atoms with van der Waals surface area (Å²) in [6.45, 7) is 2.11. The van der Waals surface area contributed by atoms with Crippen molar-refractivity contribution in [3.8, 4) is 0 Å². The number of fused-ring (bicyclic) bond motifs is 4. The van der Waals surface area contributed by atoms with Gasteiger partial charge in [-0.3, -0.25) is 19.2 Å². The zero-order valence-electron chi connectivity index (χ0n) is 25.2. The van der Waals surface area contributed by atoms with E-state index in [1.807, 2.05) is 0 Å². The largest absolute Gasteiger partial charge is 0.467 e. The fourth-order valence-electron chi connectivity index (χ4n) is 6.44. The highest BCUT2D eigenvalue weighted by Crippen LogP contribution is 2.34. The van der Waals surface area contributed by atoms with Crippen LogP contribution < -0.4 is 26.9 Å². The van der Waals surface area contributed by atoms with Crippen LogP contribution in [0, 0.1) is 5.82 Å². The molecule has 0 spiro atoms. The summed E-state index contributed by atoms with van der Waals surface area (Å²) >= 11 is 0. The summed E-state index contributed by atoms with van der Waals surface area (Å²) in [7, 11) is 1.08. The van der Waals surface area contributed by atoms with Crippen LogP contribution in [0.5, 0.6) is 0 Å². The Labute approximate surface area is 264 Å². The van der Waals surface area contributed by atoms with Crippen LogP contribution in [0.1, 0.15) is 23.2 Å². The number of carbonyl (C=O) groups is 2. The number of ether oxygens (including phenoxy) is 1. The summed E-state index contributed by atoms with van der Waals surface area (Å²) in [5.74, 6) is -2.76. The number of hydrogen-bond donors (Lipinski definition) is 3. The van der Waals surface area contributed by atoms with Crippen LogP contribution >= 0.6 is 0 Å². The van der Waals surface area contributed by atoms with Crippen molar-refractivity contribution in [3.05, 3.63) is 90.7 Å². The summed E-state index contributed by atoms with van der Waals surface area (Å²) in [6.07, 6.45) is 3.39. The molecule has 3 heterocycles. The van der Waals surface area contributed by atoms with E-state index in [1.165, 1.54) is 22.7 Å². The summed E-state index contributed by atoms with van der Waals surface area (Å²) in [5, 5.41) is 15.5. The van der Waals surface area contributed by atoms with Crippen LogP contribution in [0.3, 0.4) is 0 Å². The molecule has 0 bridgehead atoms. The maximum atomic E-state index is 15.9. The first kappa shape index (κ1) is 30.3. The zero-order chi connectivity index (χ0) is 33.0. The van der Waals surface area contributed by atoms with Gasteiger partial charge in [-0.25, -0.2) is 9.18 Å². The van der Waals surface area contributed by atoms with Crippen LogP contribution in [0.25, 0.3) is 49.1 Å². The normalized spacial score (nSPS) is 14.4. The minimum Gasteiger partial charge on any atom is -0.467 e. The third-order valence-corrected chi connectivity index (χ3v) is 8.82. The number of pyridine rings is 1. The van der Waals surface area contributed by atoms with E-state index >= 15 is 4.39 Å². The molecule has 1 unspecified atom stereocenters. The van der Waals surface area contributed by atoms with E-state index in [1.54, 1.807) is 24.3 Å².